The lowest BCUT2D eigenvalue weighted by atomic mass is 10.2. The number of nitrogens with one attached hydrogen (secondary N) is 1. The molecular formula is C17H22N4O3. The van der Waals surface area contributed by atoms with Crippen molar-refractivity contribution in [2.24, 2.45) is 0 Å². The van der Waals surface area contributed by atoms with E-state index in [9.17, 15) is 9.59 Å². The minimum Gasteiger partial charge on any atom is -0.378 e. The summed E-state index contributed by atoms with van der Waals surface area (Å²) in [4.78, 5) is 31.4. The maximum absolute atomic E-state index is 12.8. The van der Waals surface area contributed by atoms with Gasteiger partial charge in [-0.1, -0.05) is 13.0 Å². The Morgan fingerprint density at radius 1 is 1.33 bits per heavy atom. The van der Waals surface area contributed by atoms with Crippen molar-refractivity contribution in [1.82, 2.24) is 19.6 Å². The Hall–Kier alpha value is -2.41. The average Bonchev–Trinajstić information content (AvgIpc) is 3.01. The van der Waals surface area contributed by atoms with E-state index in [4.69, 9.17) is 4.74 Å². The molecule has 2 aromatic rings. The zero-order valence-electron chi connectivity index (χ0n) is 14.0. The van der Waals surface area contributed by atoms with Gasteiger partial charge >= 0.3 is 0 Å². The molecule has 3 heterocycles. The van der Waals surface area contributed by atoms with Crippen LogP contribution in [0.1, 0.15) is 41.4 Å². The van der Waals surface area contributed by atoms with Crippen molar-refractivity contribution in [2.45, 2.75) is 26.3 Å². The summed E-state index contributed by atoms with van der Waals surface area (Å²) in [6.07, 6.45) is 2.59. The lowest BCUT2D eigenvalue weighted by Crippen LogP contribution is -2.41. The van der Waals surface area contributed by atoms with Gasteiger partial charge in [-0.2, -0.15) is 0 Å². The Bertz CT molecular complexity index is 749. The monoisotopic (exact) mass is 330 g/mol. The highest BCUT2D eigenvalue weighted by Crippen LogP contribution is 2.16. The van der Waals surface area contributed by atoms with Gasteiger partial charge in [0, 0.05) is 25.3 Å². The van der Waals surface area contributed by atoms with Crippen LogP contribution in [0, 0.1) is 0 Å². The first-order chi connectivity index (χ1) is 11.6. The molecule has 3 rings (SSSR count). The molecule has 2 aromatic heterocycles. The molecule has 1 saturated heterocycles. The van der Waals surface area contributed by atoms with E-state index in [-0.39, 0.29) is 29.4 Å². The summed E-state index contributed by atoms with van der Waals surface area (Å²) in [7, 11) is 0. The SMILES string of the molecule is CCC(C)NC(=O)c1nc(C(=O)N2CCOCC2)n2ccccc12. The fourth-order valence-corrected chi connectivity index (χ4v) is 2.66. The minimum atomic E-state index is -0.255. The van der Waals surface area contributed by atoms with Gasteiger partial charge in [-0.25, -0.2) is 4.98 Å². The summed E-state index contributed by atoms with van der Waals surface area (Å²) in [5.74, 6) is -0.169. The number of aromatic nitrogens is 2. The summed E-state index contributed by atoms with van der Waals surface area (Å²) < 4.78 is 6.97. The van der Waals surface area contributed by atoms with Crippen LogP contribution in [0.4, 0.5) is 0 Å². The van der Waals surface area contributed by atoms with Crippen LogP contribution in [-0.4, -0.2) is 58.4 Å². The Labute approximate surface area is 140 Å². The topological polar surface area (TPSA) is 75.9 Å². The zero-order valence-corrected chi connectivity index (χ0v) is 14.0. The second-order valence-corrected chi connectivity index (χ2v) is 5.93. The van der Waals surface area contributed by atoms with Gasteiger partial charge in [-0.3, -0.25) is 14.0 Å². The molecule has 2 amide bonds. The molecule has 1 fully saturated rings. The Balaban J connectivity index is 1.97. The summed E-state index contributed by atoms with van der Waals surface area (Å²) in [6.45, 7) is 6.07. The van der Waals surface area contributed by atoms with Crippen molar-refractivity contribution in [3.8, 4) is 0 Å². The van der Waals surface area contributed by atoms with Crippen LogP contribution in [0.15, 0.2) is 24.4 Å². The number of carbonyl (C=O) groups is 2. The van der Waals surface area contributed by atoms with Gasteiger partial charge in [0.1, 0.15) is 0 Å². The molecule has 0 bridgehead atoms. The highest BCUT2D eigenvalue weighted by molar-refractivity contribution is 6.02. The molecule has 7 heteroatoms. The van der Waals surface area contributed by atoms with E-state index in [1.54, 1.807) is 21.6 Å². The zero-order chi connectivity index (χ0) is 17.1. The molecule has 0 aromatic carbocycles. The van der Waals surface area contributed by atoms with E-state index in [2.05, 4.69) is 10.3 Å². The van der Waals surface area contributed by atoms with Crippen molar-refractivity contribution >= 4 is 17.3 Å². The number of hydrogen-bond acceptors (Lipinski definition) is 4. The van der Waals surface area contributed by atoms with Crippen LogP contribution in [0.5, 0.6) is 0 Å². The highest BCUT2D eigenvalue weighted by atomic mass is 16.5. The molecule has 1 N–H and O–H groups in total. The molecule has 0 aliphatic carbocycles. The molecule has 0 spiro atoms. The van der Waals surface area contributed by atoms with Crippen molar-refractivity contribution in [2.75, 3.05) is 26.3 Å². The number of pyridine rings is 1. The molecular weight excluding hydrogens is 308 g/mol. The summed E-state index contributed by atoms with van der Waals surface area (Å²) in [5.41, 5.74) is 0.919. The molecule has 0 radical (unpaired) electrons. The van der Waals surface area contributed by atoms with Crippen molar-refractivity contribution in [3.63, 3.8) is 0 Å². The number of amides is 2. The molecule has 24 heavy (non-hydrogen) atoms. The third kappa shape index (κ3) is 3.12. The molecule has 1 aliphatic heterocycles. The van der Waals surface area contributed by atoms with Gasteiger partial charge in [0.2, 0.25) is 5.82 Å². The predicted octanol–water partition coefficient (Wildman–Crippen LogP) is 1.34. The van der Waals surface area contributed by atoms with Gasteiger partial charge in [-0.15, -0.1) is 0 Å². The summed E-state index contributed by atoms with van der Waals surface area (Å²) in [6, 6.07) is 5.51. The smallest absolute Gasteiger partial charge is 0.290 e. The van der Waals surface area contributed by atoms with E-state index in [1.807, 2.05) is 26.0 Å². The van der Waals surface area contributed by atoms with Gasteiger partial charge in [0.15, 0.2) is 5.69 Å². The summed E-state index contributed by atoms with van der Waals surface area (Å²) in [5, 5.41) is 2.91. The average molecular weight is 330 g/mol. The largest absolute Gasteiger partial charge is 0.378 e. The van der Waals surface area contributed by atoms with Gasteiger partial charge < -0.3 is 15.0 Å². The number of imidazole rings is 1. The van der Waals surface area contributed by atoms with E-state index in [0.717, 1.165) is 6.42 Å². The highest BCUT2D eigenvalue weighted by Gasteiger charge is 2.26. The van der Waals surface area contributed by atoms with Crippen LogP contribution in [0.25, 0.3) is 5.52 Å². The number of nitrogens with zero attached hydrogens (tertiary/aromatic N) is 3. The van der Waals surface area contributed by atoms with Gasteiger partial charge in [0.05, 0.1) is 18.7 Å². The minimum absolute atomic E-state index is 0.0522. The van der Waals surface area contributed by atoms with E-state index in [0.29, 0.717) is 31.8 Å². The maximum atomic E-state index is 12.8. The van der Waals surface area contributed by atoms with Crippen molar-refractivity contribution in [1.29, 1.82) is 0 Å². The van der Waals surface area contributed by atoms with Crippen LogP contribution >= 0.6 is 0 Å². The van der Waals surface area contributed by atoms with E-state index in [1.165, 1.54) is 0 Å². The lowest BCUT2D eigenvalue weighted by Gasteiger charge is -2.26. The second-order valence-electron chi connectivity index (χ2n) is 5.93. The van der Waals surface area contributed by atoms with Crippen LogP contribution in [0.3, 0.4) is 0 Å². The van der Waals surface area contributed by atoms with Crippen LogP contribution in [0.2, 0.25) is 0 Å². The molecule has 0 saturated carbocycles. The molecule has 128 valence electrons. The lowest BCUT2D eigenvalue weighted by molar-refractivity contribution is 0.0294. The molecule has 1 aliphatic rings. The maximum Gasteiger partial charge on any atom is 0.290 e. The number of rotatable bonds is 4. The Morgan fingerprint density at radius 3 is 2.79 bits per heavy atom. The Morgan fingerprint density at radius 2 is 2.08 bits per heavy atom. The Kier molecular flexibility index (Phi) is 4.80. The second kappa shape index (κ2) is 7.00. The quantitative estimate of drug-likeness (QED) is 0.918. The fourth-order valence-electron chi connectivity index (χ4n) is 2.66. The van der Waals surface area contributed by atoms with Gasteiger partial charge in [0.25, 0.3) is 11.8 Å². The first kappa shape index (κ1) is 16.4. The number of fused-ring (bicyclic) bond motifs is 1. The molecule has 1 unspecified atom stereocenters. The van der Waals surface area contributed by atoms with Crippen LogP contribution in [-0.2, 0) is 4.74 Å². The van der Waals surface area contributed by atoms with Crippen molar-refractivity contribution in [3.05, 3.63) is 35.9 Å². The van der Waals surface area contributed by atoms with Gasteiger partial charge in [-0.05, 0) is 25.5 Å². The first-order valence-corrected chi connectivity index (χ1v) is 8.26. The number of ether oxygens (including phenoxy) is 1. The van der Waals surface area contributed by atoms with E-state index < -0.39 is 0 Å². The predicted molar refractivity (Wildman–Crippen MR) is 89.1 cm³/mol. The number of hydrogen-bond donors (Lipinski definition) is 1. The molecule has 7 nitrogen and oxygen atoms in total. The summed E-state index contributed by atoms with van der Waals surface area (Å²) >= 11 is 0. The molecule has 1 atom stereocenters. The standard InChI is InChI=1S/C17H22N4O3/c1-3-12(2)18-16(22)14-13-6-4-5-7-21(13)15(19-14)17(23)20-8-10-24-11-9-20/h4-7,12H,3,8-11H2,1-2H3,(H,18,22). The normalized spacial score (nSPS) is 16.2. The first-order valence-electron chi connectivity index (χ1n) is 8.26. The van der Waals surface area contributed by atoms with E-state index >= 15 is 0 Å². The third-order valence-electron chi connectivity index (χ3n) is 4.24. The van der Waals surface area contributed by atoms with Crippen LogP contribution < -0.4 is 5.32 Å². The number of carbonyl (C=O) groups excluding carboxylic acids is 2. The fraction of sp³-hybridized carbons (Fsp3) is 0.471. The van der Waals surface area contributed by atoms with Crippen molar-refractivity contribution < 1.29 is 14.3 Å². The third-order valence-corrected chi connectivity index (χ3v) is 4.24. The number of morpholine rings is 1.